The molecule has 1 aliphatic heterocycles. The Bertz CT molecular complexity index is 1980. The molecule has 1 aliphatic rings. The van der Waals surface area contributed by atoms with E-state index in [2.05, 4.69) is 4.99 Å². The van der Waals surface area contributed by atoms with Gasteiger partial charge in [-0.2, -0.15) is 0 Å². The lowest BCUT2D eigenvalue weighted by atomic mass is 9.95. The number of hydrogen-bond acceptors (Lipinski definition) is 10. The number of benzene rings is 3. The van der Waals surface area contributed by atoms with Crippen molar-refractivity contribution < 1.29 is 33.2 Å². The van der Waals surface area contributed by atoms with Crippen LogP contribution in [-0.2, 0) is 14.3 Å². The Balaban J connectivity index is 1.40. The van der Waals surface area contributed by atoms with Crippen LogP contribution in [0.4, 0.5) is 0 Å². The van der Waals surface area contributed by atoms with Crippen LogP contribution >= 0.6 is 22.9 Å². The first kappa shape index (κ1) is 34.7. The minimum Gasteiger partial charge on any atom is -0.493 e. The van der Waals surface area contributed by atoms with Crippen molar-refractivity contribution in [2.75, 3.05) is 47.3 Å². The van der Waals surface area contributed by atoms with Crippen molar-refractivity contribution in [2.24, 2.45) is 4.99 Å². The van der Waals surface area contributed by atoms with Crippen LogP contribution in [0.3, 0.4) is 0 Å². The van der Waals surface area contributed by atoms with Gasteiger partial charge in [0.15, 0.2) is 16.3 Å². The van der Waals surface area contributed by atoms with Gasteiger partial charge in [-0.3, -0.25) is 9.36 Å². The predicted octanol–water partition coefficient (Wildman–Crippen LogP) is 5.25. The molecule has 4 aromatic rings. The zero-order valence-corrected chi connectivity index (χ0v) is 29.0. The van der Waals surface area contributed by atoms with E-state index in [1.165, 1.54) is 35.7 Å². The molecule has 0 saturated heterocycles. The maximum atomic E-state index is 14.1. The van der Waals surface area contributed by atoms with Gasteiger partial charge in [-0.25, -0.2) is 9.79 Å². The minimum atomic E-state index is -0.815. The zero-order chi connectivity index (χ0) is 34.2. The average molecular weight is 693 g/mol. The average Bonchev–Trinajstić information content (AvgIpc) is 3.38. The maximum absolute atomic E-state index is 14.1. The highest BCUT2D eigenvalue weighted by Gasteiger charge is 2.34. The van der Waals surface area contributed by atoms with E-state index in [1.54, 1.807) is 56.3 Å². The Labute approximate surface area is 287 Å². The topological polar surface area (TPSA) is 107 Å². The molecule has 1 aromatic heterocycles. The van der Waals surface area contributed by atoms with Crippen LogP contribution in [0.15, 0.2) is 81.7 Å². The molecule has 0 N–H and O–H groups in total. The fourth-order valence-electron chi connectivity index (χ4n) is 5.20. The number of nitrogens with zero attached hydrogens (tertiary/aromatic N) is 2. The Morgan fingerprint density at radius 3 is 2.33 bits per heavy atom. The number of aromatic nitrogens is 1. The number of esters is 1. The normalized spacial score (nSPS) is 14.3. The first-order chi connectivity index (χ1) is 23.2. The number of fused-ring (bicyclic) bond motifs is 1. The van der Waals surface area contributed by atoms with Crippen molar-refractivity contribution in [3.05, 3.63) is 113 Å². The summed E-state index contributed by atoms with van der Waals surface area (Å²) in [6, 6.07) is 17.5. The van der Waals surface area contributed by atoms with Crippen LogP contribution in [0.5, 0.6) is 23.0 Å². The van der Waals surface area contributed by atoms with Crippen LogP contribution in [0.2, 0.25) is 5.02 Å². The molecule has 0 aliphatic carbocycles. The molecular formula is C36H37ClN2O8S. The summed E-state index contributed by atoms with van der Waals surface area (Å²) in [6.45, 7) is 7.08. The number of thiazole rings is 1. The number of ether oxygens (including phenoxy) is 6. The molecular weight excluding hydrogens is 656 g/mol. The molecule has 12 heteroatoms. The molecule has 1 atom stereocenters. The van der Waals surface area contributed by atoms with Crippen LogP contribution in [0, 0.1) is 6.92 Å². The molecule has 10 nitrogen and oxygen atoms in total. The molecule has 48 heavy (non-hydrogen) atoms. The second-order valence-electron chi connectivity index (χ2n) is 10.7. The van der Waals surface area contributed by atoms with Gasteiger partial charge in [0.05, 0.1) is 55.9 Å². The number of carbonyl (C=O) groups is 1. The van der Waals surface area contributed by atoms with Crippen molar-refractivity contribution in [1.82, 2.24) is 4.57 Å². The van der Waals surface area contributed by atoms with Crippen LogP contribution in [0.1, 0.15) is 36.6 Å². The molecule has 0 fully saturated rings. The summed E-state index contributed by atoms with van der Waals surface area (Å²) in [5.74, 6) is 1.74. The summed E-state index contributed by atoms with van der Waals surface area (Å²) < 4.78 is 35.7. The lowest BCUT2D eigenvalue weighted by Gasteiger charge is -2.25. The number of rotatable bonds is 14. The number of hydrogen-bond donors (Lipinski definition) is 0. The third-order valence-electron chi connectivity index (χ3n) is 7.50. The number of halogens is 1. The second-order valence-corrected chi connectivity index (χ2v) is 12.2. The summed E-state index contributed by atoms with van der Waals surface area (Å²) >= 11 is 7.57. The molecule has 0 spiro atoms. The molecule has 3 aromatic carbocycles. The van der Waals surface area contributed by atoms with Crippen LogP contribution in [-0.4, -0.2) is 57.8 Å². The van der Waals surface area contributed by atoms with Crippen molar-refractivity contribution >= 4 is 35.0 Å². The molecule has 0 saturated carbocycles. The van der Waals surface area contributed by atoms with Gasteiger partial charge >= 0.3 is 5.97 Å². The Hall–Kier alpha value is -4.58. The molecule has 2 heterocycles. The van der Waals surface area contributed by atoms with Crippen molar-refractivity contribution in [1.29, 1.82) is 0 Å². The summed E-state index contributed by atoms with van der Waals surface area (Å²) in [6.07, 6.45) is 1.72. The number of allylic oxidation sites excluding steroid dienone is 1. The van der Waals surface area contributed by atoms with Gasteiger partial charge in [-0.05, 0) is 74.9 Å². The van der Waals surface area contributed by atoms with Crippen LogP contribution < -0.4 is 33.8 Å². The summed E-state index contributed by atoms with van der Waals surface area (Å²) in [4.78, 5) is 32.5. The molecule has 0 unspecified atom stereocenters. The first-order valence-corrected chi connectivity index (χ1v) is 16.5. The summed E-state index contributed by atoms with van der Waals surface area (Å²) in [5.41, 5.74) is 2.79. The van der Waals surface area contributed by atoms with E-state index in [0.717, 1.165) is 5.75 Å². The van der Waals surface area contributed by atoms with E-state index >= 15 is 0 Å². The highest BCUT2D eigenvalue weighted by molar-refractivity contribution is 7.07. The zero-order valence-electron chi connectivity index (χ0n) is 27.4. The van der Waals surface area contributed by atoms with Gasteiger partial charge in [-0.15, -0.1) is 0 Å². The second kappa shape index (κ2) is 16.0. The largest absolute Gasteiger partial charge is 0.493 e. The minimum absolute atomic E-state index is 0.169. The number of carbonyl (C=O) groups excluding carboxylic acids is 1. The standard InChI is InChI=1S/C36H37ClN2O8S/c1-6-45-35(41)32-23(3)38-36-39(33(32)24-9-13-29(42-4)30(20-24)43-5)34(40)31(48-36)21-25-19-26(37)10-14-28(25)47-18-16-44-15-17-46-27-11-7-22(2)8-12-27/h7-14,19-21,33H,6,15-18H2,1-5H3/b31-21-/t33-/m1/s1. The molecule has 5 rings (SSSR count). The Kier molecular flexibility index (Phi) is 11.6. The van der Waals surface area contributed by atoms with Crippen molar-refractivity contribution in [2.45, 2.75) is 26.8 Å². The SMILES string of the molecule is CCOC(=O)C1=C(C)N=c2s/c(=C\c3cc(Cl)ccc3OCCOCCOc3ccc(C)cc3)c(=O)n2[C@@H]1c1ccc(OC)c(OC)c1. The van der Waals surface area contributed by atoms with E-state index in [9.17, 15) is 9.59 Å². The third-order valence-corrected chi connectivity index (χ3v) is 8.72. The van der Waals surface area contributed by atoms with E-state index in [0.29, 0.717) is 68.2 Å². The van der Waals surface area contributed by atoms with Gasteiger partial charge in [0, 0.05) is 10.6 Å². The van der Waals surface area contributed by atoms with Gasteiger partial charge < -0.3 is 28.4 Å². The smallest absolute Gasteiger partial charge is 0.338 e. The quantitative estimate of drug-likeness (QED) is 0.130. The van der Waals surface area contributed by atoms with Crippen molar-refractivity contribution in [3.8, 4) is 23.0 Å². The highest BCUT2D eigenvalue weighted by Crippen LogP contribution is 2.36. The number of methoxy groups -OCH3 is 2. The van der Waals surface area contributed by atoms with Gasteiger partial charge in [0.1, 0.15) is 24.7 Å². The molecule has 0 radical (unpaired) electrons. The van der Waals surface area contributed by atoms with Gasteiger partial charge in [0.2, 0.25) is 0 Å². The fourth-order valence-corrected chi connectivity index (χ4v) is 6.42. The lowest BCUT2D eigenvalue weighted by molar-refractivity contribution is -0.139. The maximum Gasteiger partial charge on any atom is 0.338 e. The van der Waals surface area contributed by atoms with E-state index in [4.69, 9.17) is 40.0 Å². The van der Waals surface area contributed by atoms with E-state index in [1.807, 2.05) is 31.2 Å². The van der Waals surface area contributed by atoms with Gasteiger partial charge in [-0.1, -0.05) is 46.7 Å². The Morgan fingerprint density at radius 1 is 0.917 bits per heavy atom. The fraction of sp³-hybridized carbons (Fsp3) is 0.306. The van der Waals surface area contributed by atoms with E-state index in [-0.39, 0.29) is 24.3 Å². The first-order valence-electron chi connectivity index (χ1n) is 15.3. The molecule has 0 amide bonds. The van der Waals surface area contributed by atoms with Crippen LogP contribution in [0.25, 0.3) is 6.08 Å². The molecule has 0 bridgehead atoms. The third kappa shape index (κ3) is 7.92. The highest BCUT2D eigenvalue weighted by atomic mass is 35.5. The Morgan fingerprint density at radius 2 is 1.62 bits per heavy atom. The number of aryl methyl sites for hydroxylation is 1. The monoisotopic (exact) mass is 692 g/mol. The summed E-state index contributed by atoms with van der Waals surface area (Å²) in [5, 5.41) is 0.481. The van der Waals surface area contributed by atoms with E-state index < -0.39 is 12.0 Å². The molecule has 252 valence electrons. The van der Waals surface area contributed by atoms with Gasteiger partial charge in [0.25, 0.3) is 5.56 Å². The van der Waals surface area contributed by atoms with Crippen molar-refractivity contribution in [3.63, 3.8) is 0 Å². The predicted molar refractivity (Wildman–Crippen MR) is 184 cm³/mol. The lowest BCUT2D eigenvalue weighted by Crippen LogP contribution is -2.40. The summed E-state index contributed by atoms with van der Waals surface area (Å²) in [7, 11) is 3.07.